The van der Waals surface area contributed by atoms with Crippen LogP contribution in [-0.2, 0) is 0 Å². The van der Waals surface area contributed by atoms with Gasteiger partial charge in [-0.3, -0.25) is 4.98 Å². The predicted molar refractivity (Wildman–Crippen MR) is 58.2 cm³/mol. The smallest absolute Gasteiger partial charge is 0.0701 e. The van der Waals surface area contributed by atoms with Crippen molar-refractivity contribution in [1.29, 1.82) is 0 Å². The maximum absolute atomic E-state index is 4.25. The van der Waals surface area contributed by atoms with Gasteiger partial charge in [0.1, 0.15) is 0 Å². The molecule has 1 aromatic heterocycles. The molecule has 1 nitrogen and oxygen atoms in total. The van der Waals surface area contributed by atoms with E-state index in [9.17, 15) is 0 Å². The number of aromatic nitrogens is 1. The first-order valence-electron chi connectivity index (χ1n) is 4.25. The lowest BCUT2D eigenvalue weighted by molar-refractivity contribution is 1.28. The summed E-state index contributed by atoms with van der Waals surface area (Å²) in [5.41, 5.74) is 2.10. The van der Waals surface area contributed by atoms with Crippen molar-refractivity contribution in [2.75, 3.05) is 0 Å². The van der Waals surface area contributed by atoms with E-state index in [1.165, 1.54) is 0 Å². The monoisotopic (exact) mass is 171 g/mol. The van der Waals surface area contributed by atoms with Crippen LogP contribution in [-0.4, -0.2) is 4.98 Å². The van der Waals surface area contributed by atoms with E-state index in [0.717, 1.165) is 11.3 Å². The molecule has 0 atom stereocenters. The number of hydrogen-bond donors (Lipinski definition) is 0. The average molecular weight is 171 g/mol. The second kappa shape index (κ2) is 5.09. The van der Waals surface area contributed by atoms with Gasteiger partial charge >= 0.3 is 0 Å². The van der Waals surface area contributed by atoms with Crippen molar-refractivity contribution in [3.8, 4) is 0 Å². The highest BCUT2D eigenvalue weighted by molar-refractivity contribution is 5.62. The van der Waals surface area contributed by atoms with Gasteiger partial charge < -0.3 is 0 Å². The summed E-state index contributed by atoms with van der Waals surface area (Å²) in [6.07, 6.45) is 11.4. The van der Waals surface area contributed by atoms with E-state index in [2.05, 4.69) is 11.6 Å². The number of hydrogen-bond acceptors (Lipinski definition) is 1. The molecule has 0 aromatic carbocycles. The minimum absolute atomic E-state index is 0.973. The van der Waals surface area contributed by atoms with Crippen molar-refractivity contribution in [3.05, 3.63) is 54.4 Å². The molecule has 1 heterocycles. The Bertz CT molecular complexity index is 335. The minimum atomic E-state index is 0.973. The lowest BCUT2D eigenvalue weighted by Gasteiger charge is -1.97. The molecule has 13 heavy (non-hydrogen) atoms. The molecule has 0 aliphatic carbocycles. The Labute approximate surface area is 79.1 Å². The zero-order valence-corrected chi connectivity index (χ0v) is 7.77. The van der Waals surface area contributed by atoms with Crippen LogP contribution in [0.2, 0.25) is 0 Å². The molecule has 0 fully saturated rings. The summed E-state index contributed by atoms with van der Waals surface area (Å²) >= 11 is 0. The molecule has 1 aromatic rings. The zero-order valence-electron chi connectivity index (χ0n) is 7.77. The lowest BCUT2D eigenvalue weighted by atomic mass is 10.1. The quantitative estimate of drug-likeness (QED) is 0.636. The van der Waals surface area contributed by atoms with Gasteiger partial charge in [-0.2, -0.15) is 0 Å². The minimum Gasteiger partial charge on any atom is -0.256 e. The number of pyridine rings is 1. The Morgan fingerprint density at radius 2 is 2.23 bits per heavy atom. The molecule has 0 spiro atoms. The van der Waals surface area contributed by atoms with Crippen LogP contribution in [0.5, 0.6) is 0 Å². The van der Waals surface area contributed by atoms with E-state index in [0.29, 0.717) is 0 Å². The summed E-state index contributed by atoms with van der Waals surface area (Å²) in [6.45, 7) is 5.61. The Morgan fingerprint density at radius 1 is 1.38 bits per heavy atom. The fraction of sp³-hybridized carbons (Fsp3) is 0.0833. The van der Waals surface area contributed by atoms with E-state index in [4.69, 9.17) is 0 Å². The molecule has 0 amide bonds. The Kier molecular flexibility index (Phi) is 3.71. The second-order valence-electron chi connectivity index (χ2n) is 2.57. The number of rotatable bonds is 3. The molecule has 0 saturated carbocycles. The van der Waals surface area contributed by atoms with E-state index in [1.54, 1.807) is 12.3 Å². The van der Waals surface area contributed by atoms with Crippen molar-refractivity contribution in [3.63, 3.8) is 0 Å². The highest BCUT2D eigenvalue weighted by Crippen LogP contribution is 2.09. The van der Waals surface area contributed by atoms with Gasteiger partial charge in [0.05, 0.1) is 5.69 Å². The number of allylic oxidation sites excluding steroid dienone is 3. The van der Waals surface area contributed by atoms with Crippen LogP contribution >= 0.6 is 0 Å². The molecule has 1 rings (SSSR count). The normalized spacial score (nSPS) is 11.2. The van der Waals surface area contributed by atoms with E-state index in [-0.39, 0.29) is 0 Å². The highest BCUT2D eigenvalue weighted by Gasteiger charge is 1.93. The molecule has 0 aliphatic rings. The van der Waals surface area contributed by atoms with Crippen LogP contribution in [0.4, 0.5) is 0 Å². The Hall–Kier alpha value is -1.63. The average Bonchev–Trinajstić information content (AvgIpc) is 2.17. The molecule has 66 valence electrons. The van der Waals surface area contributed by atoms with Crippen molar-refractivity contribution in [2.45, 2.75) is 6.92 Å². The summed E-state index contributed by atoms with van der Waals surface area (Å²) in [4.78, 5) is 4.25. The first-order chi connectivity index (χ1) is 6.38. The van der Waals surface area contributed by atoms with Crippen LogP contribution in [0.15, 0.2) is 43.1 Å². The van der Waals surface area contributed by atoms with Gasteiger partial charge in [-0.15, -0.1) is 0 Å². The summed E-state index contributed by atoms with van der Waals surface area (Å²) in [5.74, 6) is 0. The first kappa shape index (κ1) is 9.46. The topological polar surface area (TPSA) is 12.9 Å². The molecular formula is C12H13N. The van der Waals surface area contributed by atoms with E-state index < -0.39 is 0 Å². The summed E-state index contributed by atoms with van der Waals surface area (Å²) in [5, 5.41) is 0. The highest BCUT2D eigenvalue weighted by atomic mass is 14.7. The maximum Gasteiger partial charge on any atom is 0.0701 e. The van der Waals surface area contributed by atoms with Crippen LogP contribution in [0.25, 0.3) is 12.2 Å². The summed E-state index contributed by atoms with van der Waals surface area (Å²) in [6, 6.07) is 3.97. The third-order valence-corrected chi connectivity index (χ3v) is 1.61. The molecule has 0 N–H and O–H groups in total. The summed E-state index contributed by atoms with van der Waals surface area (Å²) < 4.78 is 0. The van der Waals surface area contributed by atoms with Crippen molar-refractivity contribution < 1.29 is 0 Å². The molecule has 1 heteroatoms. The molecule has 0 radical (unpaired) electrons. The standard InChI is InChI=1S/C12H13N/c1-3-5-9-12-11(7-4-2)8-6-10-13-12/h3-10H,1H2,2H3. The van der Waals surface area contributed by atoms with Gasteiger partial charge in [-0.25, -0.2) is 0 Å². The van der Waals surface area contributed by atoms with Gasteiger partial charge in [0.2, 0.25) is 0 Å². The lowest BCUT2D eigenvalue weighted by Crippen LogP contribution is -1.83. The third kappa shape index (κ3) is 2.71. The van der Waals surface area contributed by atoms with Gasteiger partial charge in [0, 0.05) is 6.20 Å². The van der Waals surface area contributed by atoms with Crippen LogP contribution in [0.1, 0.15) is 18.2 Å². The Balaban J connectivity index is 3.03. The van der Waals surface area contributed by atoms with Gasteiger partial charge in [0.25, 0.3) is 0 Å². The predicted octanol–water partition coefficient (Wildman–Crippen LogP) is 3.31. The SMILES string of the molecule is C=CC=Cc1ncccc1C=CC. The third-order valence-electron chi connectivity index (χ3n) is 1.61. The largest absolute Gasteiger partial charge is 0.256 e. The van der Waals surface area contributed by atoms with Gasteiger partial charge in [-0.1, -0.05) is 36.9 Å². The molecule has 0 aliphatic heterocycles. The Morgan fingerprint density at radius 3 is 2.92 bits per heavy atom. The zero-order chi connectivity index (χ0) is 9.52. The van der Waals surface area contributed by atoms with Gasteiger partial charge in [0.15, 0.2) is 0 Å². The number of nitrogens with zero attached hydrogens (tertiary/aromatic N) is 1. The van der Waals surface area contributed by atoms with Crippen molar-refractivity contribution in [1.82, 2.24) is 4.98 Å². The van der Waals surface area contributed by atoms with E-state index >= 15 is 0 Å². The maximum atomic E-state index is 4.25. The van der Waals surface area contributed by atoms with Crippen molar-refractivity contribution >= 4 is 12.2 Å². The van der Waals surface area contributed by atoms with Crippen LogP contribution in [0.3, 0.4) is 0 Å². The molecule has 0 saturated heterocycles. The molecule has 0 unspecified atom stereocenters. The second-order valence-corrected chi connectivity index (χ2v) is 2.57. The molecule has 0 bridgehead atoms. The van der Waals surface area contributed by atoms with Crippen molar-refractivity contribution in [2.24, 2.45) is 0 Å². The van der Waals surface area contributed by atoms with Crippen LogP contribution < -0.4 is 0 Å². The van der Waals surface area contributed by atoms with Gasteiger partial charge in [-0.05, 0) is 24.6 Å². The fourth-order valence-corrected chi connectivity index (χ4v) is 1.05. The first-order valence-corrected chi connectivity index (χ1v) is 4.25. The van der Waals surface area contributed by atoms with Crippen LogP contribution in [0, 0.1) is 0 Å². The molecular weight excluding hydrogens is 158 g/mol. The fourth-order valence-electron chi connectivity index (χ4n) is 1.05. The summed E-state index contributed by atoms with van der Waals surface area (Å²) in [7, 11) is 0. The van der Waals surface area contributed by atoms with E-state index in [1.807, 2.05) is 43.4 Å².